The molecular weight excluding hydrogens is 260 g/mol. The van der Waals surface area contributed by atoms with Crippen LogP contribution in [-0.2, 0) is 4.74 Å². The first-order chi connectivity index (χ1) is 9.60. The van der Waals surface area contributed by atoms with Crippen LogP contribution < -0.4 is 16.0 Å². The number of rotatable bonds is 5. The van der Waals surface area contributed by atoms with Gasteiger partial charge in [-0.2, -0.15) is 15.0 Å². The number of ether oxygens (including phenoxy) is 1. The minimum atomic E-state index is -0.116. The Bertz CT molecular complexity index is 436. The number of aromatic nitrogens is 3. The molecule has 0 radical (unpaired) electrons. The highest BCUT2D eigenvalue weighted by molar-refractivity contribution is 5.42. The second-order valence-corrected chi connectivity index (χ2v) is 5.09. The summed E-state index contributed by atoms with van der Waals surface area (Å²) in [5.74, 6) is 1.37. The van der Waals surface area contributed by atoms with E-state index < -0.39 is 0 Å². The summed E-state index contributed by atoms with van der Waals surface area (Å²) in [7, 11) is 0. The molecule has 0 aliphatic carbocycles. The molecule has 0 bridgehead atoms. The Morgan fingerprint density at radius 2 is 2.00 bits per heavy atom. The van der Waals surface area contributed by atoms with Gasteiger partial charge in [-0.25, -0.2) is 0 Å². The third-order valence-corrected chi connectivity index (χ3v) is 3.25. The third-order valence-electron chi connectivity index (χ3n) is 3.25. The predicted octanol–water partition coefficient (Wildman–Crippen LogP) is -0.281. The maximum Gasteiger partial charge on any atom is 0.232 e. The van der Waals surface area contributed by atoms with Crippen LogP contribution >= 0.6 is 0 Å². The molecule has 0 unspecified atom stereocenters. The highest BCUT2D eigenvalue weighted by Gasteiger charge is 2.18. The Labute approximate surface area is 118 Å². The lowest BCUT2D eigenvalue weighted by Crippen LogP contribution is -2.38. The summed E-state index contributed by atoms with van der Waals surface area (Å²) in [6.07, 6.45) is 0. The number of morpholine rings is 1. The Kier molecular flexibility index (Phi) is 4.91. The zero-order valence-corrected chi connectivity index (χ0v) is 11.9. The minimum absolute atomic E-state index is 0.0101. The van der Waals surface area contributed by atoms with Crippen molar-refractivity contribution in [1.82, 2.24) is 15.0 Å². The second kappa shape index (κ2) is 6.67. The molecule has 8 heteroatoms. The molecule has 0 saturated carbocycles. The van der Waals surface area contributed by atoms with E-state index >= 15 is 0 Å². The van der Waals surface area contributed by atoms with Crippen molar-refractivity contribution in [3.63, 3.8) is 0 Å². The molecule has 112 valence electrons. The number of nitrogens with zero attached hydrogens (tertiary/aromatic N) is 4. The summed E-state index contributed by atoms with van der Waals surface area (Å²) in [5.41, 5.74) is 5.74. The number of hydrogen-bond acceptors (Lipinski definition) is 8. The first kappa shape index (κ1) is 14.7. The first-order valence-corrected chi connectivity index (χ1v) is 6.81. The molecule has 1 aromatic heterocycles. The summed E-state index contributed by atoms with van der Waals surface area (Å²) in [6, 6.07) is -0.116. The number of nitrogens with one attached hydrogen (secondary N) is 1. The van der Waals surface area contributed by atoms with Gasteiger partial charge in [0, 0.05) is 13.1 Å². The SMILES string of the molecule is CC(C)[C@@H](CO)Nc1nc(N)nc(N2CCOCC2)n1. The molecule has 8 nitrogen and oxygen atoms in total. The van der Waals surface area contributed by atoms with Gasteiger partial charge in [0.1, 0.15) is 0 Å². The van der Waals surface area contributed by atoms with Gasteiger partial charge in [-0.1, -0.05) is 13.8 Å². The van der Waals surface area contributed by atoms with Crippen molar-refractivity contribution in [3.05, 3.63) is 0 Å². The van der Waals surface area contributed by atoms with Gasteiger partial charge in [0.25, 0.3) is 0 Å². The van der Waals surface area contributed by atoms with Gasteiger partial charge in [0.15, 0.2) is 0 Å². The summed E-state index contributed by atoms with van der Waals surface area (Å²) in [5, 5.41) is 12.5. The van der Waals surface area contributed by atoms with Gasteiger partial charge in [-0.15, -0.1) is 0 Å². The lowest BCUT2D eigenvalue weighted by molar-refractivity contribution is 0.122. The number of anilines is 3. The highest BCUT2D eigenvalue weighted by Crippen LogP contribution is 2.15. The van der Waals surface area contributed by atoms with Crippen LogP contribution in [0, 0.1) is 5.92 Å². The van der Waals surface area contributed by atoms with Crippen molar-refractivity contribution < 1.29 is 9.84 Å². The smallest absolute Gasteiger partial charge is 0.232 e. The van der Waals surface area contributed by atoms with Crippen LogP contribution in [0.5, 0.6) is 0 Å². The summed E-state index contributed by atoms with van der Waals surface area (Å²) in [6.45, 7) is 6.81. The van der Waals surface area contributed by atoms with Crippen molar-refractivity contribution in [2.75, 3.05) is 48.9 Å². The number of hydrogen-bond donors (Lipinski definition) is 3. The molecular formula is C12H22N6O2. The molecule has 1 saturated heterocycles. The van der Waals surface area contributed by atoms with Crippen LogP contribution in [0.25, 0.3) is 0 Å². The molecule has 1 aliphatic heterocycles. The van der Waals surface area contributed by atoms with E-state index in [0.29, 0.717) is 25.1 Å². The van der Waals surface area contributed by atoms with Gasteiger partial charge >= 0.3 is 0 Å². The van der Waals surface area contributed by atoms with Crippen LogP contribution in [0.3, 0.4) is 0 Å². The molecule has 0 aromatic carbocycles. The summed E-state index contributed by atoms with van der Waals surface area (Å²) < 4.78 is 5.30. The Morgan fingerprint density at radius 1 is 1.30 bits per heavy atom. The molecule has 20 heavy (non-hydrogen) atoms. The van der Waals surface area contributed by atoms with E-state index in [0.717, 1.165) is 13.1 Å². The normalized spacial score (nSPS) is 17.3. The average Bonchev–Trinajstić information content (AvgIpc) is 2.45. The molecule has 1 aliphatic rings. The lowest BCUT2D eigenvalue weighted by atomic mass is 10.1. The van der Waals surface area contributed by atoms with Crippen molar-refractivity contribution >= 4 is 17.8 Å². The fourth-order valence-electron chi connectivity index (χ4n) is 1.94. The zero-order chi connectivity index (χ0) is 14.5. The van der Waals surface area contributed by atoms with Crippen LogP contribution in [0.2, 0.25) is 0 Å². The summed E-state index contributed by atoms with van der Waals surface area (Å²) in [4.78, 5) is 14.6. The maximum atomic E-state index is 9.35. The number of nitrogens with two attached hydrogens (primary N) is 1. The van der Waals surface area contributed by atoms with Crippen LogP contribution in [0.4, 0.5) is 17.8 Å². The molecule has 2 rings (SSSR count). The standard InChI is InChI=1S/C12H22N6O2/c1-8(2)9(7-19)14-11-15-10(13)16-12(17-11)18-3-5-20-6-4-18/h8-9,19H,3-7H2,1-2H3,(H3,13,14,15,16,17)/t9-/m1/s1. The van der Waals surface area contributed by atoms with E-state index in [1.807, 2.05) is 18.7 Å². The average molecular weight is 282 g/mol. The van der Waals surface area contributed by atoms with Gasteiger partial charge in [-0.05, 0) is 5.92 Å². The molecule has 1 fully saturated rings. The van der Waals surface area contributed by atoms with E-state index in [2.05, 4.69) is 20.3 Å². The Hall–Kier alpha value is -1.67. The van der Waals surface area contributed by atoms with Crippen LogP contribution in [0.15, 0.2) is 0 Å². The van der Waals surface area contributed by atoms with E-state index in [1.165, 1.54) is 0 Å². The lowest BCUT2D eigenvalue weighted by Gasteiger charge is -2.27. The predicted molar refractivity (Wildman–Crippen MR) is 76.6 cm³/mol. The van der Waals surface area contributed by atoms with Crippen molar-refractivity contribution in [1.29, 1.82) is 0 Å². The third kappa shape index (κ3) is 3.67. The quantitative estimate of drug-likeness (QED) is 0.676. The van der Waals surface area contributed by atoms with E-state index in [9.17, 15) is 5.11 Å². The molecule has 0 amide bonds. The van der Waals surface area contributed by atoms with Crippen molar-refractivity contribution in [2.24, 2.45) is 5.92 Å². The summed E-state index contributed by atoms with van der Waals surface area (Å²) >= 11 is 0. The van der Waals surface area contributed by atoms with Gasteiger partial charge in [-0.3, -0.25) is 0 Å². The number of nitrogen functional groups attached to an aromatic ring is 1. The second-order valence-electron chi connectivity index (χ2n) is 5.09. The molecule has 1 aromatic rings. The van der Waals surface area contributed by atoms with E-state index in [4.69, 9.17) is 10.5 Å². The highest BCUT2D eigenvalue weighted by atomic mass is 16.5. The van der Waals surface area contributed by atoms with Crippen molar-refractivity contribution in [2.45, 2.75) is 19.9 Å². The monoisotopic (exact) mass is 282 g/mol. The van der Waals surface area contributed by atoms with E-state index in [1.54, 1.807) is 0 Å². The van der Waals surface area contributed by atoms with Gasteiger partial charge in [0.2, 0.25) is 17.8 Å². The van der Waals surface area contributed by atoms with Crippen LogP contribution in [-0.4, -0.2) is 59.0 Å². The zero-order valence-electron chi connectivity index (χ0n) is 11.9. The molecule has 2 heterocycles. The van der Waals surface area contributed by atoms with Gasteiger partial charge in [0.05, 0.1) is 25.9 Å². The topological polar surface area (TPSA) is 109 Å². The fraction of sp³-hybridized carbons (Fsp3) is 0.750. The molecule has 0 spiro atoms. The molecule has 4 N–H and O–H groups in total. The maximum absolute atomic E-state index is 9.35. The fourth-order valence-corrected chi connectivity index (χ4v) is 1.94. The minimum Gasteiger partial charge on any atom is -0.394 e. The first-order valence-electron chi connectivity index (χ1n) is 6.81. The number of aliphatic hydroxyl groups excluding tert-OH is 1. The largest absolute Gasteiger partial charge is 0.394 e. The van der Waals surface area contributed by atoms with Crippen LogP contribution in [0.1, 0.15) is 13.8 Å². The Morgan fingerprint density at radius 3 is 2.60 bits per heavy atom. The Balaban J connectivity index is 2.15. The van der Waals surface area contributed by atoms with Gasteiger partial charge < -0.3 is 25.8 Å². The molecule has 1 atom stereocenters. The number of aliphatic hydroxyl groups is 1. The van der Waals surface area contributed by atoms with E-state index in [-0.39, 0.29) is 24.5 Å². The van der Waals surface area contributed by atoms with Crippen molar-refractivity contribution in [3.8, 4) is 0 Å².